The number of epoxide rings is 1. The van der Waals surface area contributed by atoms with E-state index in [-0.39, 0.29) is 11.5 Å². The first-order chi connectivity index (χ1) is 16.1. The van der Waals surface area contributed by atoms with Gasteiger partial charge in [0.05, 0.1) is 19.8 Å². The highest BCUT2D eigenvalue weighted by Gasteiger charge is 2.76. The van der Waals surface area contributed by atoms with Gasteiger partial charge in [-0.1, -0.05) is 60.3 Å². The molecule has 0 N–H and O–H groups in total. The Hall–Kier alpha value is -1.49. The SMILES string of the molecule is COC[C@H]1O[C@@H](Sc2ccccc2)[C@H](OCc2ccccc2)[C@H]2O[C@H]3O[C@]21O[C@@]3(C)[C@@H]1CO1. The van der Waals surface area contributed by atoms with Crippen LogP contribution in [0.25, 0.3) is 0 Å². The van der Waals surface area contributed by atoms with Crippen LogP contribution in [-0.2, 0) is 39.8 Å². The number of fused-ring (bicyclic) bond motifs is 1. The average Bonchev–Trinajstić information content (AvgIpc) is 3.57. The minimum Gasteiger partial charge on any atom is -0.382 e. The molecule has 0 amide bonds. The highest BCUT2D eigenvalue weighted by atomic mass is 32.2. The van der Waals surface area contributed by atoms with Gasteiger partial charge in [0.1, 0.15) is 35.5 Å². The lowest BCUT2D eigenvalue weighted by Crippen LogP contribution is -2.69. The summed E-state index contributed by atoms with van der Waals surface area (Å²) in [5, 5.41) is 0. The molecule has 2 bridgehead atoms. The molecule has 6 rings (SSSR count). The van der Waals surface area contributed by atoms with Gasteiger partial charge in [0, 0.05) is 12.0 Å². The molecule has 8 atom stereocenters. The third kappa shape index (κ3) is 3.83. The van der Waals surface area contributed by atoms with Crippen LogP contribution in [0, 0.1) is 0 Å². The van der Waals surface area contributed by atoms with Gasteiger partial charge in [0.25, 0.3) is 0 Å². The number of ether oxygens (including phenoxy) is 7. The number of hydrogen-bond acceptors (Lipinski definition) is 8. The first-order valence-corrected chi connectivity index (χ1v) is 12.2. The summed E-state index contributed by atoms with van der Waals surface area (Å²) in [5.41, 5.74) is 0.0620. The Bertz CT molecular complexity index is 958. The van der Waals surface area contributed by atoms with Gasteiger partial charge >= 0.3 is 0 Å². The molecule has 4 saturated heterocycles. The maximum atomic E-state index is 6.64. The van der Waals surface area contributed by atoms with E-state index in [2.05, 4.69) is 12.1 Å². The number of methoxy groups -OCH3 is 1. The van der Waals surface area contributed by atoms with Crippen LogP contribution in [0.3, 0.4) is 0 Å². The molecule has 0 saturated carbocycles. The van der Waals surface area contributed by atoms with Gasteiger partial charge in [-0.15, -0.1) is 0 Å². The zero-order valence-corrected chi connectivity index (χ0v) is 19.4. The smallest absolute Gasteiger partial charge is 0.230 e. The van der Waals surface area contributed by atoms with E-state index in [0.717, 1.165) is 10.5 Å². The van der Waals surface area contributed by atoms with Crippen molar-refractivity contribution in [2.75, 3.05) is 20.3 Å². The van der Waals surface area contributed by atoms with Gasteiger partial charge in [-0.3, -0.25) is 0 Å². The first kappa shape index (κ1) is 22.0. The maximum absolute atomic E-state index is 6.64. The normalized spacial score (nSPS) is 41.2. The van der Waals surface area contributed by atoms with Crippen molar-refractivity contribution in [3.63, 3.8) is 0 Å². The second-order valence-corrected chi connectivity index (χ2v) is 10.1. The topological polar surface area (TPSA) is 67.9 Å². The molecule has 4 heterocycles. The van der Waals surface area contributed by atoms with Crippen molar-refractivity contribution in [3.05, 3.63) is 66.2 Å². The molecule has 0 aromatic heterocycles. The van der Waals surface area contributed by atoms with Crippen LogP contribution in [0.1, 0.15) is 12.5 Å². The third-order valence-corrected chi connectivity index (χ3v) is 7.85. The van der Waals surface area contributed by atoms with E-state index in [1.165, 1.54) is 0 Å². The minimum absolute atomic E-state index is 0.0499. The summed E-state index contributed by atoms with van der Waals surface area (Å²) in [4.78, 5) is 1.09. The van der Waals surface area contributed by atoms with Crippen LogP contribution >= 0.6 is 11.8 Å². The predicted octanol–water partition coefficient (Wildman–Crippen LogP) is 3.36. The van der Waals surface area contributed by atoms with Crippen molar-refractivity contribution in [1.82, 2.24) is 0 Å². The minimum atomic E-state index is -1.11. The lowest BCUT2D eigenvalue weighted by molar-refractivity contribution is -0.341. The van der Waals surface area contributed by atoms with Crippen molar-refractivity contribution in [2.24, 2.45) is 0 Å². The van der Waals surface area contributed by atoms with Gasteiger partial charge < -0.3 is 33.2 Å². The first-order valence-electron chi connectivity index (χ1n) is 11.3. The summed E-state index contributed by atoms with van der Waals surface area (Å²) in [6.07, 6.45) is -1.96. The van der Waals surface area contributed by atoms with Crippen LogP contribution in [0.15, 0.2) is 65.6 Å². The molecule has 176 valence electrons. The summed E-state index contributed by atoms with van der Waals surface area (Å²) in [6.45, 7) is 3.36. The Labute approximate surface area is 197 Å². The fourth-order valence-electron chi connectivity index (χ4n) is 4.89. The maximum Gasteiger partial charge on any atom is 0.230 e. The van der Waals surface area contributed by atoms with Gasteiger partial charge in [0.15, 0.2) is 6.29 Å². The Morgan fingerprint density at radius 3 is 2.45 bits per heavy atom. The Kier molecular flexibility index (Phi) is 5.75. The van der Waals surface area contributed by atoms with E-state index < -0.39 is 36.0 Å². The highest BCUT2D eigenvalue weighted by molar-refractivity contribution is 7.99. The van der Waals surface area contributed by atoms with Crippen LogP contribution in [0.5, 0.6) is 0 Å². The molecular formula is C25H28O7S. The molecule has 8 heteroatoms. The Morgan fingerprint density at radius 2 is 1.76 bits per heavy atom. The van der Waals surface area contributed by atoms with Crippen LogP contribution in [0.2, 0.25) is 0 Å². The van der Waals surface area contributed by atoms with Crippen molar-refractivity contribution < 1.29 is 33.2 Å². The molecule has 1 spiro atoms. The number of hydrogen-bond donors (Lipinski definition) is 0. The number of thioether (sulfide) groups is 1. The van der Waals surface area contributed by atoms with E-state index in [1.54, 1.807) is 18.9 Å². The van der Waals surface area contributed by atoms with Crippen molar-refractivity contribution in [2.45, 2.75) is 66.0 Å². The summed E-state index contributed by atoms with van der Waals surface area (Å²) >= 11 is 1.61. The second-order valence-electron chi connectivity index (χ2n) is 8.98. The molecule has 4 aliphatic rings. The Morgan fingerprint density at radius 1 is 1.03 bits per heavy atom. The fourth-order valence-corrected chi connectivity index (χ4v) is 6.02. The molecule has 4 aliphatic heterocycles. The van der Waals surface area contributed by atoms with Crippen molar-refractivity contribution in [1.29, 1.82) is 0 Å². The van der Waals surface area contributed by atoms with Crippen LogP contribution in [0.4, 0.5) is 0 Å². The molecule has 0 radical (unpaired) electrons. The van der Waals surface area contributed by atoms with E-state index in [9.17, 15) is 0 Å². The summed E-state index contributed by atoms with van der Waals surface area (Å²) in [6, 6.07) is 20.2. The highest BCUT2D eigenvalue weighted by Crippen LogP contribution is 2.57. The molecular weight excluding hydrogens is 444 g/mol. The van der Waals surface area contributed by atoms with Crippen LogP contribution in [-0.4, -0.2) is 67.9 Å². The molecule has 0 aliphatic carbocycles. The third-order valence-electron chi connectivity index (χ3n) is 6.69. The lowest BCUT2D eigenvalue weighted by atomic mass is 9.93. The van der Waals surface area contributed by atoms with Crippen molar-refractivity contribution in [3.8, 4) is 0 Å². The number of benzene rings is 2. The van der Waals surface area contributed by atoms with Gasteiger partial charge in [0.2, 0.25) is 5.79 Å². The van der Waals surface area contributed by atoms with Gasteiger partial charge in [-0.05, 0) is 24.6 Å². The van der Waals surface area contributed by atoms with E-state index in [4.69, 9.17) is 33.2 Å². The monoisotopic (exact) mass is 472 g/mol. The standard InChI is InChI=1S/C25H28O7S/c1-24(18-15-27-18)23-30-21-20(28-13-16-9-5-3-6-10-16)22(33-17-11-7-4-8-12-17)29-19(14-26-2)25(21,31-23)32-24/h3-12,18-23H,13-15H2,1-2H3/t18-,19+,20+,21+,22-,23-,24-,25+/m0/s1. The average molecular weight is 473 g/mol. The van der Waals surface area contributed by atoms with Gasteiger partial charge in [-0.2, -0.15) is 0 Å². The molecule has 2 aromatic carbocycles. The molecule has 7 nitrogen and oxygen atoms in total. The zero-order chi connectivity index (χ0) is 22.5. The molecule has 4 fully saturated rings. The molecule has 33 heavy (non-hydrogen) atoms. The zero-order valence-electron chi connectivity index (χ0n) is 18.6. The summed E-state index contributed by atoms with van der Waals surface area (Å²) in [7, 11) is 1.65. The predicted molar refractivity (Wildman–Crippen MR) is 120 cm³/mol. The second kappa shape index (κ2) is 8.62. The lowest BCUT2D eigenvalue weighted by Gasteiger charge is -2.50. The summed E-state index contributed by atoms with van der Waals surface area (Å²) in [5.74, 6) is -1.11. The summed E-state index contributed by atoms with van der Waals surface area (Å²) < 4.78 is 43.7. The number of rotatable bonds is 8. The van der Waals surface area contributed by atoms with Crippen LogP contribution < -0.4 is 0 Å². The largest absolute Gasteiger partial charge is 0.382 e. The van der Waals surface area contributed by atoms with Crippen molar-refractivity contribution >= 4 is 11.8 Å². The fraction of sp³-hybridized carbons (Fsp3) is 0.520. The quantitative estimate of drug-likeness (QED) is 0.542. The van der Waals surface area contributed by atoms with E-state index in [1.807, 2.05) is 55.5 Å². The van der Waals surface area contributed by atoms with E-state index in [0.29, 0.717) is 19.8 Å². The molecule has 0 unspecified atom stereocenters. The van der Waals surface area contributed by atoms with Gasteiger partial charge in [-0.25, -0.2) is 0 Å². The van der Waals surface area contributed by atoms with E-state index >= 15 is 0 Å². The molecule has 2 aromatic rings. The Balaban J connectivity index is 1.31.